The van der Waals surface area contributed by atoms with Crippen molar-refractivity contribution >= 4 is 29.2 Å². The first-order valence-corrected chi connectivity index (χ1v) is 8.60. The van der Waals surface area contributed by atoms with Crippen molar-refractivity contribution < 1.29 is 19.1 Å². The Bertz CT molecular complexity index is 736. The van der Waals surface area contributed by atoms with Gasteiger partial charge in [-0.3, -0.25) is 9.79 Å². The van der Waals surface area contributed by atoms with Gasteiger partial charge in [0.15, 0.2) is 6.61 Å². The van der Waals surface area contributed by atoms with E-state index < -0.39 is 18.4 Å². The summed E-state index contributed by atoms with van der Waals surface area (Å²) in [6, 6.07) is 6.50. The Labute approximate surface area is 157 Å². The van der Waals surface area contributed by atoms with Crippen LogP contribution in [0, 0.1) is 0 Å². The Morgan fingerprint density at radius 3 is 2.54 bits per heavy atom. The van der Waals surface area contributed by atoms with E-state index in [0.717, 1.165) is 12.8 Å². The maximum Gasteiger partial charge on any atom is 0.344 e. The average Bonchev–Trinajstić information content (AvgIpc) is 2.60. The lowest BCUT2D eigenvalue weighted by molar-refractivity contribution is -0.137. The summed E-state index contributed by atoms with van der Waals surface area (Å²) >= 11 is 5.97. The second-order valence-electron chi connectivity index (χ2n) is 5.90. The van der Waals surface area contributed by atoms with E-state index in [1.807, 2.05) is 0 Å². The molecule has 0 bridgehead atoms. The molecule has 0 atom stereocenters. The standard InChI is InChI=1S/C18H22ClN3O4/c1-11(20)16(17(21)22-12-6-8-25-9-7-12)18(24)26-10-15(23)13-4-2-3-5-14(13)19/h2-5,12H,6-10,20H2,1H3,(H2,21,22). The Kier molecular flexibility index (Phi) is 7.17. The molecule has 0 saturated carbocycles. The Morgan fingerprint density at radius 2 is 1.92 bits per heavy atom. The van der Waals surface area contributed by atoms with Crippen molar-refractivity contribution in [3.8, 4) is 0 Å². The molecule has 1 aromatic carbocycles. The molecule has 1 aromatic rings. The van der Waals surface area contributed by atoms with Gasteiger partial charge in [0, 0.05) is 24.5 Å². The molecular formula is C18H22ClN3O4. The summed E-state index contributed by atoms with van der Waals surface area (Å²) in [5, 5.41) is 0.292. The second kappa shape index (κ2) is 9.35. The summed E-state index contributed by atoms with van der Waals surface area (Å²) < 4.78 is 10.3. The van der Waals surface area contributed by atoms with Crippen LogP contribution in [0.2, 0.25) is 5.02 Å². The molecule has 2 rings (SSSR count). The predicted octanol–water partition coefficient (Wildman–Crippen LogP) is 1.83. The molecule has 0 amide bonds. The number of nitrogens with zero attached hydrogens (tertiary/aromatic N) is 1. The molecule has 1 heterocycles. The number of Topliss-reactive ketones (excluding diaryl/α,β-unsaturated/α-hetero) is 1. The highest BCUT2D eigenvalue weighted by atomic mass is 35.5. The first kappa shape index (κ1) is 19.9. The van der Waals surface area contributed by atoms with Gasteiger partial charge in [-0.2, -0.15) is 0 Å². The molecule has 1 aliphatic rings. The monoisotopic (exact) mass is 379 g/mol. The van der Waals surface area contributed by atoms with Gasteiger partial charge >= 0.3 is 5.97 Å². The van der Waals surface area contributed by atoms with E-state index in [1.165, 1.54) is 6.92 Å². The summed E-state index contributed by atoms with van der Waals surface area (Å²) in [5.74, 6) is -1.20. The van der Waals surface area contributed by atoms with Crippen LogP contribution < -0.4 is 11.5 Å². The van der Waals surface area contributed by atoms with Gasteiger partial charge < -0.3 is 20.9 Å². The largest absolute Gasteiger partial charge is 0.454 e. The number of ketones is 1. The van der Waals surface area contributed by atoms with Crippen LogP contribution in [0.25, 0.3) is 0 Å². The fraction of sp³-hybridized carbons (Fsp3) is 0.389. The zero-order valence-electron chi connectivity index (χ0n) is 14.5. The third kappa shape index (κ3) is 5.31. The summed E-state index contributed by atoms with van der Waals surface area (Å²) in [4.78, 5) is 28.9. The molecule has 7 nitrogen and oxygen atoms in total. The zero-order valence-corrected chi connectivity index (χ0v) is 15.3. The normalized spacial score (nSPS) is 16.8. The maximum absolute atomic E-state index is 12.4. The van der Waals surface area contributed by atoms with Crippen LogP contribution in [-0.4, -0.2) is 43.5 Å². The molecule has 1 saturated heterocycles. The maximum atomic E-state index is 12.4. The second-order valence-corrected chi connectivity index (χ2v) is 6.30. The predicted molar refractivity (Wildman–Crippen MR) is 99.1 cm³/mol. The Hall–Kier alpha value is -2.38. The summed E-state index contributed by atoms with van der Waals surface area (Å²) in [6.07, 6.45) is 1.44. The van der Waals surface area contributed by atoms with Crippen molar-refractivity contribution in [2.24, 2.45) is 16.5 Å². The van der Waals surface area contributed by atoms with Gasteiger partial charge in [-0.1, -0.05) is 23.7 Å². The minimum atomic E-state index is -0.793. The van der Waals surface area contributed by atoms with Gasteiger partial charge in [-0.25, -0.2) is 4.79 Å². The number of allylic oxidation sites excluding steroid dienone is 1. The topological polar surface area (TPSA) is 117 Å². The van der Waals surface area contributed by atoms with Gasteiger partial charge in [-0.15, -0.1) is 0 Å². The summed E-state index contributed by atoms with van der Waals surface area (Å²) in [6.45, 7) is 2.25. The molecular weight excluding hydrogens is 358 g/mol. The molecule has 4 N–H and O–H groups in total. The molecule has 0 radical (unpaired) electrons. The van der Waals surface area contributed by atoms with Crippen LogP contribution in [0.5, 0.6) is 0 Å². The first-order chi connectivity index (χ1) is 12.4. The van der Waals surface area contributed by atoms with Crippen molar-refractivity contribution in [1.29, 1.82) is 0 Å². The average molecular weight is 380 g/mol. The van der Waals surface area contributed by atoms with E-state index in [9.17, 15) is 9.59 Å². The van der Waals surface area contributed by atoms with E-state index in [4.69, 9.17) is 32.5 Å². The van der Waals surface area contributed by atoms with Gasteiger partial charge in [0.25, 0.3) is 0 Å². The third-order valence-electron chi connectivity index (χ3n) is 3.88. The fourth-order valence-electron chi connectivity index (χ4n) is 2.51. The van der Waals surface area contributed by atoms with Crippen molar-refractivity contribution in [2.45, 2.75) is 25.8 Å². The minimum absolute atomic E-state index is 0.00657. The highest BCUT2D eigenvalue weighted by Crippen LogP contribution is 2.16. The zero-order chi connectivity index (χ0) is 19.1. The molecule has 1 aliphatic heterocycles. The number of carbonyl (C=O) groups excluding carboxylic acids is 2. The van der Waals surface area contributed by atoms with Crippen molar-refractivity contribution in [2.75, 3.05) is 19.8 Å². The number of benzene rings is 1. The number of esters is 1. The number of aliphatic imine (C=N–C) groups is 1. The number of rotatable bonds is 6. The number of nitrogens with two attached hydrogens (primary N) is 2. The van der Waals surface area contributed by atoms with E-state index in [1.54, 1.807) is 24.3 Å². The molecule has 0 aliphatic carbocycles. The number of hydrogen-bond donors (Lipinski definition) is 2. The van der Waals surface area contributed by atoms with Crippen molar-refractivity contribution in [1.82, 2.24) is 0 Å². The van der Waals surface area contributed by atoms with Gasteiger partial charge in [-0.05, 0) is 31.9 Å². The van der Waals surface area contributed by atoms with Crippen LogP contribution in [0.15, 0.2) is 40.5 Å². The number of carbonyl (C=O) groups is 2. The van der Waals surface area contributed by atoms with Gasteiger partial charge in [0.1, 0.15) is 11.4 Å². The quantitative estimate of drug-likeness (QED) is 0.256. The molecule has 140 valence electrons. The highest BCUT2D eigenvalue weighted by molar-refractivity contribution is 6.34. The van der Waals surface area contributed by atoms with Gasteiger partial charge in [0.05, 0.1) is 11.1 Å². The lowest BCUT2D eigenvalue weighted by atomic mass is 10.1. The SMILES string of the molecule is CC(N)=C(C(=O)OCC(=O)c1ccccc1Cl)C(N)=NC1CCOCC1. The number of hydrogen-bond acceptors (Lipinski definition) is 6. The van der Waals surface area contributed by atoms with E-state index in [-0.39, 0.29) is 28.7 Å². The molecule has 1 fully saturated rings. The van der Waals surface area contributed by atoms with Crippen LogP contribution in [0.4, 0.5) is 0 Å². The van der Waals surface area contributed by atoms with Crippen molar-refractivity contribution in [3.63, 3.8) is 0 Å². The first-order valence-electron chi connectivity index (χ1n) is 8.22. The van der Waals surface area contributed by atoms with Crippen LogP contribution >= 0.6 is 11.6 Å². The van der Waals surface area contributed by atoms with Crippen LogP contribution in [-0.2, 0) is 14.3 Å². The van der Waals surface area contributed by atoms with E-state index in [2.05, 4.69) is 4.99 Å². The minimum Gasteiger partial charge on any atom is -0.454 e. The molecule has 26 heavy (non-hydrogen) atoms. The Balaban J connectivity index is 2.05. The van der Waals surface area contributed by atoms with E-state index >= 15 is 0 Å². The number of ether oxygens (including phenoxy) is 2. The van der Waals surface area contributed by atoms with Crippen LogP contribution in [0.3, 0.4) is 0 Å². The third-order valence-corrected chi connectivity index (χ3v) is 4.21. The molecule has 0 spiro atoms. The lowest BCUT2D eigenvalue weighted by Gasteiger charge is -2.19. The lowest BCUT2D eigenvalue weighted by Crippen LogP contribution is -2.30. The summed E-state index contributed by atoms with van der Waals surface area (Å²) in [7, 11) is 0. The van der Waals surface area contributed by atoms with Crippen molar-refractivity contribution in [3.05, 3.63) is 46.1 Å². The molecule has 0 aromatic heterocycles. The van der Waals surface area contributed by atoms with Crippen LogP contribution in [0.1, 0.15) is 30.1 Å². The van der Waals surface area contributed by atoms with E-state index in [0.29, 0.717) is 18.2 Å². The highest BCUT2D eigenvalue weighted by Gasteiger charge is 2.22. The van der Waals surface area contributed by atoms with Gasteiger partial charge in [0.2, 0.25) is 5.78 Å². The Morgan fingerprint density at radius 1 is 1.27 bits per heavy atom. The fourth-order valence-corrected chi connectivity index (χ4v) is 2.75. The molecule has 8 heteroatoms. The molecule has 0 unspecified atom stereocenters. The number of amidine groups is 1. The number of halogens is 1. The smallest absolute Gasteiger partial charge is 0.344 e. The summed E-state index contributed by atoms with van der Waals surface area (Å²) in [5.41, 5.74) is 12.2.